The van der Waals surface area contributed by atoms with Crippen LogP contribution in [0.3, 0.4) is 0 Å². The largest absolute Gasteiger partial charge is 0.493 e. The van der Waals surface area contributed by atoms with Crippen molar-refractivity contribution >= 4 is 23.0 Å². The van der Waals surface area contributed by atoms with Crippen molar-refractivity contribution in [1.82, 2.24) is 9.97 Å². The summed E-state index contributed by atoms with van der Waals surface area (Å²) in [7, 11) is 3.09. The molecule has 0 aliphatic carbocycles. The molecule has 0 saturated heterocycles. The van der Waals surface area contributed by atoms with E-state index in [1.54, 1.807) is 38.3 Å². The number of aromatic nitrogens is 2. The van der Waals surface area contributed by atoms with E-state index >= 15 is 0 Å². The van der Waals surface area contributed by atoms with E-state index < -0.39 is 5.56 Å². The molecule has 0 aliphatic heterocycles. The molecule has 0 aliphatic rings. The van der Waals surface area contributed by atoms with E-state index in [1.165, 1.54) is 19.5 Å². The molecule has 25 heavy (non-hydrogen) atoms. The maximum absolute atomic E-state index is 12.6. The first-order chi connectivity index (χ1) is 12.0. The molecule has 2 aromatic heterocycles. The fourth-order valence-electron chi connectivity index (χ4n) is 2.56. The number of allylic oxidation sites excluding steroid dienone is 1. The minimum Gasteiger partial charge on any atom is -0.493 e. The van der Waals surface area contributed by atoms with Crippen LogP contribution in [-0.2, 0) is 0 Å². The van der Waals surface area contributed by atoms with Gasteiger partial charge in [-0.25, -0.2) is 4.98 Å². The van der Waals surface area contributed by atoms with Gasteiger partial charge in [0.15, 0.2) is 17.3 Å². The number of benzene rings is 1. The number of hydrogen-bond donors (Lipinski definition) is 1. The molecule has 0 atom stereocenters. The quantitative estimate of drug-likeness (QED) is 0.567. The SMILES string of the molecule is COc1ccc(/C=C/C(=O)c2c(C)oc3nc[nH]c(=O)c23)cc1OC. The van der Waals surface area contributed by atoms with E-state index in [2.05, 4.69) is 9.97 Å². The van der Waals surface area contributed by atoms with E-state index in [9.17, 15) is 9.59 Å². The summed E-state index contributed by atoms with van der Waals surface area (Å²) in [6, 6.07) is 5.28. The van der Waals surface area contributed by atoms with Gasteiger partial charge >= 0.3 is 0 Å². The van der Waals surface area contributed by atoms with Crippen LogP contribution in [0.15, 0.2) is 39.8 Å². The fraction of sp³-hybridized carbons (Fsp3) is 0.167. The lowest BCUT2D eigenvalue weighted by atomic mass is 10.1. The molecular formula is C18H16N2O5. The van der Waals surface area contributed by atoms with Gasteiger partial charge in [0.1, 0.15) is 11.1 Å². The third-order valence-electron chi connectivity index (χ3n) is 3.75. The Hall–Kier alpha value is -3.35. The Bertz CT molecular complexity index is 1030. The first-order valence-corrected chi connectivity index (χ1v) is 7.46. The number of hydrogen-bond acceptors (Lipinski definition) is 6. The number of H-pyrrole nitrogens is 1. The standard InChI is InChI=1S/C18H16N2O5/c1-10-15(16-17(22)19-9-20-18(16)25-10)12(21)6-4-11-5-7-13(23-2)14(8-11)24-3/h4-9H,1-3H3,(H,19,20,22)/b6-4+. The predicted molar refractivity (Wildman–Crippen MR) is 92.3 cm³/mol. The molecule has 2 heterocycles. The number of methoxy groups -OCH3 is 2. The molecule has 3 aromatic rings. The maximum Gasteiger partial charge on any atom is 0.262 e. The van der Waals surface area contributed by atoms with Crippen LogP contribution < -0.4 is 15.0 Å². The van der Waals surface area contributed by atoms with Gasteiger partial charge in [-0.1, -0.05) is 12.1 Å². The van der Waals surface area contributed by atoms with Crippen LogP contribution in [0.1, 0.15) is 21.7 Å². The Labute approximate surface area is 142 Å². The molecule has 1 aromatic carbocycles. The molecule has 7 heteroatoms. The van der Waals surface area contributed by atoms with Crippen molar-refractivity contribution in [3.05, 3.63) is 57.8 Å². The average molecular weight is 340 g/mol. The number of ether oxygens (including phenoxy) is 2. The van der Waals surface area contributed by atoms with Gasteiger partial charge in [0, 0.05) is 0 Å². The molecular weight excluding hydrogens is 324 g/mol. The third kappa shape index (κ3) is 3.03. The second-order valence-electron chi connectivity index (χ2n) is 5.26. The predicted octanol–water partition coefficient (Wildman–Crippen LogP) is 2.74. The van der Waals surface area contributed by atoms with Gasteiger partial charge in [0.2, 0.25) is 5.71 Å². The minimum atomic E-state index is -0.412. The van der Waals surface area contributed by atoms with Crippen molar-refractivity contribution < 1.29 is 18.7 Å². The van der Waals surface area contributed by atoms with Crippen molar-refractivity contribution in [2.45, 2.75) is 6.92 Å². The van der Waals surface area contributed by atoms with Gasteiger partial charge in [0.25, 0.3) is 5.56 Å². The van der Waals surface area contributed by atoms with Crippen molar-refractivity contribution in [2.24, 2.45) is 0 Å². The first kappa shape index (κ1) is 16.5. The summed E-state index contributed by atoms with van der Waals surface area (Å²) < 4.78 is 15.8. The summed E-state index contributed by atoms with van der Waals surface area (Å²) in [6.07, 6.45) is 4.25. The highest BCUT2D eigenvalue weighted by molar-refractivity contribution is 6.14. The minimum absolute atomic E-state index is 0.143. The highest BCUT2D eigenvalue weighted by Crippen LogP contribution is 2.28. The van der Waals surface area contributed by atoms with E-state index in [-0.39, 0.29) is 22.4 Å². The zero-order valence-corrected chi connectivity index (χ0v) is 14.0. The molecule has 128 valence electrons. The van der Waals surface area contributed by atoms with Crippen LogP contribution >= 0.6 is 0 Å². The Balaban J connectivity index is 1.97. The van der Waals surface area contributed by atoms with E-state index in [0.717, 1.165) is 5.56 Å². The van der Waals surface area contributed by atoms with Crippen LogP contribution in [0.2, 0.25) is 0 Å². The van der Waals surface area contributed by atoms with Crippen molar-refractivity contribution in [1.29, 1.82) is 0 Å². The summed E-state index contributed by atoms with van der Waals surface area (Å²) in [4.78, 5) is 30.9. The maximum atomic E-state index is 12.6. The van der Waals surface area contributed by atoms with Crippen LogP contribution in [0.25, 0.3) is 17.2 Å². The summed E-state index contributed by atoms with van der Waals surface area (Å²) in [5.41, 5.74) is 0.693. The molecule has 0 saturated carbocycles. The lowest BCUT2D eigenvalue weighted by Gasteiger charge is -2.07. The molecule has 1 N–H and O–H groups in total. The van der Waals surface area contributed by atoms with Gasteiger partial charge in [0.05, 0.1) is 26.1 Å². The molecule has 0 fully saturated rings. The van der Waals surface area contributed by atoms with Crippen molar-refractivity contribution in [3.8, 4) is 11.5 Å². The number of carbonyl (C=O) groups is 1. The average Bonchev–Trinajstić information content (AvgIpc) is 2.96. The Kier molecular flexibility index (Phi) is 4.38. The van der Waals surface area contributed by atoms with Crippen LogP contribution in [0.4, 0.5) is 0 Å². The highest BCUT2D eigenvalue weighted by Gasteiger charge is 2.19. The molecule has 3 rings (SSSR count). The van der Waals surface area contributed by atoms with Crippen molar-refractivity contribution in [2.75, 3.05) is 14.2 Å². The van der Waals surface area contributed by atoms with Gasteiger partial charge < -0.3 is 18.9 Å². The summed E-state index contributed by atoms with van der Waals surface area (Å²) in [5.74, 6) is 1.16. The third-order valence-corrected chi connectivity index (χ3v) is 3.75. The lowest BCUT2D eigenvalue weighted by molar-refractivity contribution is 0.104. The number of carbonyl (C=O) groups excluding carboxylic acids is 1. The second kappa shape index (κ2) is 6.64. The number of aromatic amines is 1. The first-order valence-electron chi connectivity index (χ1n) is 7.46. The number of rotatable bonds is 5. The molecule has 0 spiro atoms. The zero-order chi connectivity index (χ0) is 18.0. The van der Waals surface area contributed by atoms with Crippen molar-refractivity contribution in [3.63, 3.8) is 0 Å². The number of ketones is 1. The number of nitrogens with zero attached hydrogens (tertiary/aromatic N) is 1. The number of nitrogens with one attached hydrogen (secondary N) is 1. The van der Waals surface area contributed by atoms with Gasteiger partial charge in [-0.3, -0.25) is 9.59 Å². The molecule has 0 amide bonds. The molecule has 0 bridgehead atoms. The topological polar surface area (TPSA) is 94.4 Å². The van der Waals surface area contributed by atoms with Gasteiger partial charge in [-0.15, -0.1) is 0 Å². The number of fused-ring (bicyclic) bond motifs is 1. The Morgan fingerprint density at radius 1 is 1.24 bits per heavy atom. The normalized spacial score (nSPS) is 11.2. The number of aryl methyl sites for hydroxylation is 1. The highest BCUT2D eigenvalue weighted by atomic mass is 16.5. The smallest absolute Gasteiger partial charge is 0.262 e. The second-order valence-corrected chi connectivity index (χ2v) is 5.26. The van der Waals surface area contributed by atoms with E-state index in [4.69, 9.17) is 13.9 Å². The summed E-state index contributed by atoms with van der Waals surface area (Å²) in [6.45, 7) is 1.62. The van der Waals surface area contributed by atoms with Crippen LogP contribution in [0, 0.1) is 6.92 Å². The Morgan fingerprint density at radius 2 is 2.00 bits per heavy atom. The molecule has 0 unspecified atom stereocenters. The molecule has 7 nitrogen and oxygen atoms in total. The van der Waals surface area contributed by atoms with Crippen LogP contribution in [0.5, 0.6) is 11.5 Å². The summed E-state index contributed by atoms with van der Waals surface area (Å²) >= 11 is 0. The zero-order valence-electron chi connectivity index (χ0n) is 14.0. The van der Waals surface area contributed by atoms with E-state index in [0.29, 0.717) is 17.3 Å². The monoisotopic (exact) mass is 340 g/mol. The Morgan fingerprint density at radius 3 is 2.72 bits per heavy atom. The lowest BCUT2D eigenvalue weighted by Crippen LogP contribution is -2.09. The molecule has 0 radical (unpaired) electrons. The number of furan rings is 1. The van der Waals surface area contributed by atoms with E-state index in [1.807, 2.05) is 0 Å². The van der Waals surface area contributed by atoms with Crippen LogP contribution in [-0.4, -0.2) is 30.0 Å². The fourth-order valence-corrected chi connectivity index (χ4v) is 2.56. The summed E-state index contributed by atoms with van der Waals surface area (Å²) in [5, 5.41) is 0.155. The van der Waals surface area contributed by atoms with Gasteiger partial charge in [-0.2, -0.15) is 0 Å². The van der Waals surface area contributed by atoms with Gasteiger partial charge in [-0.05, 0) is 30.7 Å².